The van der Waals surface area contributed by atoms with Gasteiger partial charge >= 0.3 is 5.97 Å². The van der Waals surface area contributed by atoms with Crippen molar-refractivity contribution in [1.82, 2.24) is 0 Å². The van der Waals surface area contributed by atoms with Crippen LogP contribution in [0.1, 0.15) is 49.2 Å². The minimum Gasteiger partial charge on any atom is -0.465 e. The molecular formula is C14H20O4. The number of rotatable bonds is 3. The van der Waals surface area contributed by atoms with E-state index in [1.54, 1.807) is 45.9 Å². The summed E-state index contributed by atoms with van der Waals surface area (Å²) in [7, 11) is 1.28. The number of carbonyl (C=O) groups excluding carboxylic acids is 1. The second-order valence-corrected chi connectivity index (χ2v) is 5.34. The molecule has 0 aliphatic heterocycles. The van der Waals surface area contributed by atoms with Crippen LogP contribution in [0.4, 0.5) is 0 Å². The topological polar surface area (TPSA) is 66.8 Å². The molecule has 18 heavy (non-hydrogen) atoms. The maximum atomic E-state index is 11.7. The molecule has 0 unspecified atom stereocenters. The highest BCUT2D eigenvalue weighted by atomic mass is 16.5. The average molecular weight is 252 g/mol. The van der Waals surface area contributed by atoms with Crippen LogP contribution in [0, 0.1) is 0 Å². The standard InChI is InChI=1S/C14H20O4/c1-13(2,16)10-8-6-7-9(12(15)18-5)11(10)14(3,4)17/h6-8,16-17H,1-5H3. The largest absolute Gasteiger partial charge is 0.465 e. The summed E-state index contributed by atoms with van der Waals surface area (Å²) in [6.45, 7) is 6.37. The Morgan fingerprint density at radius 2 is 1.67 bits per heavy atom. The van der Waals surface area contributed by atoms with Gasteiger partial charge in [0, 0.05) is 5.56 Å². The van der Waals surface area contributed by atoms with Crippen molar-refractivity contribution < 1.29 is 19.7 Å². The molecule has 1 aromatic rings. The summed E-state index contributed by atoms with van der Waals surface area (Å²) in [5.74, 6) is -0.529. The molecule has 4 heteroatoms. The van der Waals surface area contributed by atoms with Crippen molar-refractivity contribution in [3.05, 3.63) is 34.9 Å². The lowest BCUT2D eigenvalue weighted by Gasteiger charge is -2.29. The SMILES string of the molecule is COC(=O)c1cccc(C(C)(C)O)c1C(C)(C)O. The van der Waals surface area contributed by atoms with Gasteiger partial charge < -0.3 is 14.9 Å². The van der Waals surface area contributed by atoms with Crippen LogP contribution in [0.2, 0.25) is 0 Å². The van der Waals surface area contributed by atoms with Crippen LogP contribution in [-0.2, 0) is 15.9 Å². The average Bonchev–Trinajstić information content (AvgIpc) is 2.24. The van der Waals surface area contributed by atoms with E-state index >= 15 is 0 Å². The predicted molar refractivity (Wildman–Crippen MR) is 68.3 cm³/mol. The van der Waals surface area contributed by atoms with E-state index in [4.69, 9.17) is 4.74 Å². The Labute approximate surface area is 107 Å². The van der Waals surface area contributed by atoms with Gasteiger partial charge in [-0.05, 0) is 39.3 Å². The molecule has 1 rings (SSSR count). The second-order valence-electron chi connectivity index (χ2n) is 5.34. The highest BCUT2D eigenvalue weighted by Gasteiger charge is 2.32. The van der Waals surface area contributed by atoms with Gasteiger partial charge in [-0.3, -0.25) is 0 Å². The van der Waals surface area contributed by atoms with E-state index in [9.17, 15) is 15.0 Å². The summed E-state index contributed by atoms with van der Waals surface area (Å²) in [5.41, 5.74) is -1.23. The summed E-state index contributed by atoms with van der Waals surface area (Å²) in [6.07, 6.45) is 0. The number of ether oxygens (including phenoxy) is 1. The zero-order chi connectivity index (χ0) is 14.1. The van der Waals surface area contributed by atoms with Crippen LogP contribution in [0.15, 0.2) is 18.2 Å². The van der Waals surface area contributed by atoms with Crippen LogP contribution < -0.4 is 0 Å². The van der Waals surface area contributed by atoms with Crippen molar-refractivity contribution in [3.8, 4) is 0 Å². The second kappa shape index (κ2) is 4.71. The Kier molecular flexibility index (Phi) is 3.84. The molecule has 0 aliphatic carbocycles. The normalized spacial score (nSPS) is 12.4. The molecule has 0 heterocycles. The van der Waals surface area contributed by atoms with Crippen LogP contribution in [0.5, 0.6) is 0 Å². The molecule has 2 N–H and O–H groups in total. The van der Waals surface area contributed by atoms with Gasteiger partial charge in [0.15, 0.2) is 0 Å². The first kappa shape index (κ1) is 14.7. The first-order chi connectivity index (χ1) is 8.09. The fraction of sp³-hybridized carbons (Fsp3) is 0.500. The molecule has 0 saturated carbocycles. The van der Waals surface area contributed by atoms with Crippen LogP contribution in [-0.4, -0.2) is 23.3 Å². The van der Waals surface area contributed by atoms with Crippen molar-refractivity contribution >= 4 is 5.97 Å². The van der Waals surface area contributed by atoms with Crippen molar-refractivity contribution in [1.29, 1.82) is 0 Å². The minimum atomic E-state index is -1.25. The smallest absolute Gasteiger partial charge is 0.338 e. The van der Waals surface area contributed by atoms with Gasteiger partial charge in [-0.1, -0.05) is 12.1 Å². The molecule has 4 nitrogen and oxygen atoms in total. The summed E-state index contributed by atoms with van der Waals surface area (Å²) < 4.78 is 4.71. The predicted octanol–water partition coefficient (Wildman–Crippen LogP) is 1.93. The first-order valence-corrected chi connectivity index (χ1v) is 5.76. The lowest BCUT2D eigenvalue weighted by atomic mass is 9.82. The van der Waals surface area contributed by atoms with Gasteiger partial charge in [-0.2, -0.15) is 0 Å². The monoisotopic (exact) mass is 252 g/mol. The van der Waals surface area contributed by atoms with E-state index in [1.807, 2.05) is 0 Å². The summed E-state index contributed by atoms with van der Waals surface area (Å²) in [6, 6.07) is 4.93. The number of hydrogen-bond acceptors (Lipinski definition) is 4. The van der Waals surface area contributed by atoms with Crippen LogP contribution >= 0.6 is 0 Å². The summed E-state index contributed by atoms with van der Waals surface area (Å²) in [5, 5.41) is 20.4. The Morgan fingerprint density at radius 3 is 2.06 bits per heavy atom. The number of methoxy groups -OCH3 is 1. The van der Waals surface area contributed by atoms with E-state index in [0.29, 0.717) is 11.1 Å². The maximum Gasteiger partial charge on any atom is 0.338 e. The molecule has 0 radical (unpaired) electrons. The molecule has 0 aromatic heterocycles. The third kappa shape index (κ3) is 2.89. The van der Waals surface area contributed by atoms with Gasteiger partial charge in [-0.15, -0.1) is 0 Å². The van der Waals surface area contributed by atoms with E-state index in [-0.39, 0.29) is 5.56 Å². The first-order valence-electron chi connectivity index (χ1n) is 5.76. The maximum absolute atomic E-state index is 11.7. The molecule has 1 aromatic carbocycles. The third-order valence-electron chi connectivity index (χ3n) is 2.74. The Hall–Kier alpha value is -1.39. The van der Waals surface area contributed by atoms with Gasteiger partial charge in [0.25, 0.3) is 0 Å². The fourth-order valence-corrected chi connectivity index (χ4v) is 2.00. The van der Waals surface area contributed by atoms with E-state index in [0.717, 1.165) is 0 Å². The molecule has 100 valence electrons. The van der Waals surface area contributed by atoms with Gasteiger partial charge in [0.2, 0.25) is 0 Å². The van der Waals surface area contributed by atoms with Gasteiger partial charge in [0.05, 0.1) is 23.9 Å². The molecule has 0 saturated heterocycles. The van der Waals surface area contributed by atoms with Gasteiger partial charge in [-0.25, -0.2) is 4.79 Å². The lowest BCUT2D eigenvalue weighted by Crippen LogP contribution is -2.28. The van der Waals surface area contributed by atoms with Crippen molar-refractivity contribution in [2.24, 2.45) is 0 Å². The Morgan fingerprint density at radius 1 is 1.11 bits per heavy atom. The van der Waals surface area contributed by atoms with Gasteiger partial charge in [0.1, 0.15) is 0 Å². The summed E-state index contributed by atoms with van der Waals surface area (Å²) in [4.78, 5) is 11.7. The zero-order valence-corrected chi connectivity index (χ0v) is 11.4. The molecule has 0 spiro atoms. The van der Waals surface area contributed by atoms with Crippen LogP contribution in [0.25, 0.3) is 0 Å². The highest BCUT2D eigenvalue weighted by Crippen LogP contribution is 2.34. The quantitative estimate of drug-likeness (QED) is 0.807. The highest BCUT2D eigenvalue weighted by molar-refractivity contribution is 5.91. The van der Waals surface area contributed by atoms with Crippen molar-refractivity contribution in [2.45, 2.75) is 38.9 Å². The Bertz CT molecular complexity index is 450. The molecule has 0 amide bonds. The van der Waals surface area contributed by atoms with E-state index in [2.05, 4.69) is 0 Å². The fourth-order valence-electron chi connectivity index (χ4n) is 2.00. The number of aliphatic hydroxyl groups is 2. The van der Waals surface area contributed by atoms with E-state index < -0.39 is 17.2 Å². The molecule has 0 aliphatic rings. The number of benzene rings is 1. The lowest BCUT2D eigenvalue weighted by molar-refractivity contribution is 0.0465. The third-order valence-corrected chi connectivity index (χ3v) is 2.74. The minimum absolute atomic E-state index is 0.268. The number of carbonyl (C=O) groups is 1. The van der Waals surface area contributed by atoms with Crippen molar-refractivity contribution in [2.75, 3.05) is 7.11 Å². The van der Waals surface area contributed by atoms with Crippen molar-refractivity contribution in [3.63, 3.8) is 0 Å². The molecule has 0 fully saturated rings. The van der Waals surface area contributed by atoms with Crippen LogP contribution in [0.3, 0.4) is 0 Å². The molecule has 0 bridgehead atoms. The number of hydrogen-bond donors (Lipinski definition) is 2. The summed E-state index contributed by atoms with van der Waals surface area (Å²) >= 11 is 0. The Balaban J connectivity index is 3.61. The zero-order valence-electron chi connectivity index (χ0n) is 11.4. The van der Waals surface area contributed by atoms with E-state index in [1.165, 1.54) is 7.11 Å². The number of esters is 1. The molecular weight excluding hydrogens is 232 g/mol. The molecule has 0 atom stereocenters.